The van der Waals surface area contributed by atoms with Gasteiger partial charge in [-0.3, -0.25) is 9.58 Å². The van der Waals surface area contributed by atoms with Crippen molar-refractivity contribution in [3.05, 3.63) is 35.0 Å². The zero-order valence-corrected chi connectivity index (χ0v) is 11.2. The van der Waals surface area contributed by atoms with Crippen molar-refractivity contribution in [3.63, 3.8) is 0 Å². The minimum absolute atomic E-state index is 0.523. The maximum Gasteiger partial charge on any atom is 0.110 e. The van der Waals surface area contributed by atoms with Crippen molar-refractivity contribution in [2.75, 3.05) is 13.1 Å². The third-order valence-corrected chi connectivity index (χ3v) is 4.40. The molecule has 4 nitrogen and oxygen atoms in total. The van der Waals surface area contributed by atoms with E-state index in [4.69, 9.17) is 0 Å². The van der Waals surface area contributed by atoms with Crippen LogP contribution in [-0.4, -0.2) is 32.8 Å². The van der Waals surface area contributed by atoms with Gasteiger partial charge in [0, 0.05) is 30.5 Å². The maximum absolute atomic E-state index is 4.49. The van der Waals surface area contributed by atoms with Crippen molar-refractivity contribution in [3.8, 4) is 0 Å². The molecule has 0 aromatic carbocycles. The molecule has 0 spiro atoms. The molecule has 3 heterocycles. The topological polar surface area (TPSA) is 34.0 Å². The molecule has 1 aliphatic rings. The molecule has 3 rings (SSSR count). The van der Waals surface area contributed by atoms with Crippen LogP contribution in [0.3, 0.4) is 0 Å². The fourth-order valence-electron chi connectivity index (χ4n) is 2.60. The van der Waals surface area contributed by atoms with E-state index in [1.807, 2.05) is 29.3 Å². The van der Waals surface area contributed by atoms with Crippen molar-refractivity contribution in [1.29, 1.82) is 0 Å². The Bertz CT molecular complexity index is 451. The second kappa shape index (κ2) is 5.63. The standard InChI is InChI=1S/C13H18N4S/c1-2-7-16(9-10-17-8-3-5-15-17)12(4-1)13-14-6-11-18-13/h3,5-6,8,11-12H,1-2,4,7,9-10H2/t12-/m0/s1. The van der Waals surface area contributed by atoms with E-state index in [0.717, 1.165) is 13.1 Å². The highest BCUT2D eigenvalue weighted by molar-refractivity contribution is 7.09. The number of rotatable bonds is 4. The van der Waals surface area contributed by atoms with Crippen molar-refractivity contribution in [2.45, 2.75) is 31.8 Å². The van der Waals surface area contributed by atoms with E-state index in [1.165, 1.54) is 30.8 Å². The summed E-state index contributed by atoms with van der Waals surface area (Å²) in [6, 6.07) is 2.50. The summed E-state index contributed by atoms with van der Waals surface area (Å²) in [6.07, 6.45) is 9.66. The van der Waals surface area contributed by atoms with Crippen LogP contribution in [0, 0.1) is 0 Å². The summed E-state index contributed by atoms with van der Waals surface area (Å²) in [5, 5.41) is 7.62. The second-order valence-electron chi connectivity index (χ2n) is 4.69. The van der Waals surface area contributed by atoms with Gasteiger partial charge < -0.3 is 0 Å². The van der Waals surface area contributed by atoms with Crippen molar-refractivity contribution in [1.82, 2.24) is 19.7 Å². The first-order chi connectivity index (χ1) is 8.93. The molecule has 0 bridgehead atoms. The number of likely N-dealkylation sites (tertiary alicyclic amines) is 1. The summed E-state index contributed by atoms with van der Waals surface area (Å²) in [6.45, 7) is 3.21. The molecule has 0 unspecified atom stereocenters. The van der Waals surface area contributed by atoms with Crippen molar-refractivity contribution < 1.29 is 0 Å². The van der Waals surface area contributed by atoms with Gasteiger partial charge in [0.1, 0.15) is 5.01 Å². The minimum Gasteiger partial charge on any atom is -0.292 e. The Labute approximate surface area is 111 Å². The fourth-order valence-corrected chi connectivity index (χ4v) is 3.41. The number of nitrogens with zero attached hydrogens (tertiary/aromatic N) is 4. The molecule has 2 aromatic rings. The normalized spacial score (nSPS) is 21.2. The van der Waals surface area contributed by atoms with E-state index in [9.17, 15) is 0 Å². The second-order valence-corrected chi connectivity index (χ2v) is 5.61. The molecule has 1 saturated heterocycles. The number of thiazole rings is 1. The summed E-state index contributed by atoms with van der Waals surface area (Å²) in [5.41, 5.74) is 0. The van der Waals surface area contributed by atoms with Crippen LogP contribution in [0.25, 0.3) is 0 Å². The van der Waals surface area contributed by atoms with Gasteiger partial charge in [-0.25, -0.2) is 4.98 Å². The van der Waals surface area contributed by atoms with Gasteiger partial charge >= 0.3 is 0 Å². The van der Waals surface area contributed by atoms with Gasteiger partial charge in [-0.2, -0.15) is 5.10 Å². The van der Waals surface area contributed by atoms with Crippen LogP contribution >= 0.6 is 11.3 Å². The molecule has 18 heavy (non-hydrogen) atoms. The van der Waals surface area contributed by atoms with Gasteiger partial charge in [0.2, 0.25) is 0 Å². The molecule has 0 radical (unpaired) electrons. The lowest BCUT2D eigenvalue weighted by atomic mass is 10.0. The van der Waals surface area contributed by atoms with Gasteiger partial charge in [-0.15, -0.1) is 11.3 Å². The van der Waals surface area contributed by atoms with Gasteiger partial charge in [-0.05, 0) is 25.5 Å². The molecule has 0 saturated carbocycles. The Kier molecular flexibility index (Phi) is 3.71. The molecule has 1 atom stereocenters. The molecule has 5 heteroatoms. The van der Waals surface area contributed by atoms with Gasteiger partial charge in [0.25, 0.3) is 0 Å². The fraction of sp³-hybridized carbons (Fsp3) is 0.538. The lowest BCUT2D eigenvalue weighted by Gasteiger charge is -2.34. The smallest absolute Gasteiger partial charge is 0.110 e. The summed E-state index contributed by atoms with van der Waals surface area (Å²) in [5.74, 6) is 0. The molecule has 0 N–H and O–H groups in total. The Morgan fingerprint density at radius 1 is 1.28 bits per heavy atom. The largest absolute Gasteiger partial charge is 0.292 e. The van der Waals surface area contributed by atoms with E-state index in [0.29, 0.717) is 6.04 Å². The number of piperidine rings is 1. The van der Waals surface area contributed by atoms with E-state index < -0.39 is 0 Å². The average molecular weight is 262 g/mol. The summed E-state index contributed by atoms with van der Waals surface area (Å²) in [7, 11) is 0. The summed E-state index contributed by atoms with van der Waals surface area (Å²) >= 11 is 1.78. The quantitative estimate of drug-likeness (QED) is 0.849. The Balaban J connectivity index is 1.65. The van der Waals surface area contributed by atoms with Crippen LogP contribution in [-0.2, 0) is 6.54 Å². The highest BCUT2D eigenvalue weighted by Gasteiger charge is 2.25. The summed E-state index contributed by atoms with van der Waals surface area (Å²) < 4.78 is 2.01. The first-order valence-corrected chi connectivity index (χ1v) is 7.42. The Hall–Kier alpha value is -1.20. The monoisotopic (exact) mass is 262 g/mol. The Morgan fingerprint density at radius 3 is 3.06 bits per heavy atom. The molecule has 1 aliphatic heterocycles. The minimum atomic E-state index is 0.523. The van der Waals surface area contributed by atoms with E-state index >= 15 is 0 Å². The van der Waals surface area contributed by atoms with Crippen LogP contribution in [0.15, 0.2) is 30.0 Å². The number of hydrogen-bond acceptors (Lipinski definition) is 4. The third kappa shape index (κ3) is 2.62. The third-order valence-electron chi connectivity index (χ3n) is 3.53. The zero-order valence-electron chi connectivity index (χ0n) is 10.4. The lowest BCUT2D eigenvalue weighted by molar-refractivity contribution is 0.141. The number of aromatic nitrogens is 3. The van der Waals surface area contributed by atoms with Crippen LogP contribution in [0.5, 0.6) is 0 Å². The van der Waals surface area contributed by atoms with Crippen molar-refractivity contribution >= 4 is 11.3 Å². The van der Waals surface area contributed by atoms with Gasteiger partial charge in [0.05, 0.1) is 12.6 Å². The van der Waals surface area contributed by atoms with Crippen LogP contribution in [0.2, 0.25) is 0 Å². The maximum atomic E-state index is 4.49. The molecule has 0 amide bonds. The highest BCUT2D eigenvalue weighted by Crippen LogP contribution is 2.31. The zero-order chi connectivity index (χ0) is 12.2. The van der Waals surface area contributed by atoms with E-state index in [-0.39, 0.29) is 0 Å². The van der Waals surface area contributed by atoms with Gasteiger partial charge in [-0.1, -0.05) is 6.42 Å². The molecule has 96 valence electrons. The highest BCUT2D eigenvalue weighted by atomic mass is 32.1. The molecular formula is C13H18N4S. The van der Waals surface area contributed by atoms with Gasteiger partial charge in [0.15, 0.2) is 0 Å². The van der Waals surface area contributed by atoms with Crippen LogP contribution < -0.4 is 0 Å². The molecular weight excluding hydrogens is 244 g/mol. The SMILES string of the molecule is c1cnn(CCN2CCCC[C@H]2c2nccs2)c1. The predicted molar refractivity (Wildman–Crippen MR) is 72.5 cm³/mol. The molecule has 2 aromatic heterocycles. The van der Waals surface area contributed by atoms with E-state index in [1.54, 1.807) is 11.3 Å². The average Bonchev–Trinajstić information content (AvgIpc) is 3.10. The Morgan fingerprint density at radius 2 is 2.28 bits per heavy atom. The first-order valence-electron chi connectivity index (χ1n) is 6.54. The lowest BCUT2D eigenvalue weighted by Crippen LogP contribution is -2.35. The van der Waals surface area contributed by atoms with Crippen LogP contribution in [0.4, 0.5) is 0 Å². The predicted octanol–water partition coefficient (Wildman–Crippen LogP) is 2.57. The molecule has 0 aliphatic carbocycles. The van der Waals surface area contributed by atoms with Crippen LogP contribution in [0.1, 0.15) is 30.3 Å². The van der Waals surface area contributed by atoms with E-state index in [2.05, 4.69) is 20.4 Å². The first kappa shape index (κ1) is 11.9. The molecule has 1 fully saturated rings. The number of hydrogen-bond donors (Lipinski definition) is 0. The summed E-state index contributed by atoms with van der Waals surface area (Å²) in [4.78, 5) is 7.05. The van der Waals surface area contributed by atoms with Crippen molar-refractivity contribution in [2.24, 2.45) is 0 Å².